The van der Waals surface area contributed by atoms with Crippen LogP contribution in [0.3, 0.4) is 0 Å². The fourth-order valence-electron chi connectivity index (χ4n) is 3.13. The zero-order valence-corrected chi connectivity index (χ0v) is 14.5. The first kappa shape index (κ1) is 17.8. The number of benzene rings is 2. The molecule has 1 heterocycles. The lowest BCUT2D eigenvalue weighted by Gasteiger charge is -2.24. The number of fused-ring (bicyclic) bond motifs is 3. The van der Waals surface area contributed by atoms with Gasteiger partial charge in [-0.25, -0.2) is 0 Å². The van der Waals surface area contributed by atoms with E-state index in [1.165, 1.54) is 0 Å². The number of hydrogen-bond donors (Lipinski definition) is 3. The lowest BCUT2D eigenvalue weighted by molar-refractivity contribution is 0.0883. The Morgan fingerprint density at radius 3 is 2.52 bits per heavy atom. The smallest absolute Gasteiger partial charge is 0.0991 e. The molecule has 0 saturated heterocycles. The van der Waals surface area contributed by atoms with Crippen molar-refractivity contribution < 1.29 is 15.3 Å². The van der Waals surface area contributed by atoms with Gasteiger partial charge in [-0.2, -0.15) is 5.26 Å². The van der Waals surface area contributed by atoms with E-state index < -0.39 is 6.10 Å². The number of rotatable bonds is 7. The molecule has 0 amide bonds. The summed E-state index contributed by atoms with van der Waals surface area (Å²) in [5.41, 5.74) is 1.45. The number of hydrogen-bond acceptors (Lipinski definition) is 6. The van der Waals surface area contributed by atoms with Crippen molar-refractivity contribution in [2.45, 2.75) is 6.10 Å². The van der Waals surface area contributed by atoms with Crippen LogP contribution in [-0.2, 0) is 0 Å². The molecule has 2 aromatic carbocycles. The van der Waals surface area contributed by atoms with E-state index in [9.17, 15) is 5.11 Å². The fourth-order valence-corrected chi connectivity index (χ4v) is 4.11. The Morgan fingerprint density at radius 1 is 1.08 bits per heavy atom. The summed E-state index contributed by atoms with van der Waals surface area (Å²) in [4.78, 5) is 1.84. The maximum absolute atomic E-state index is 10.8. The third kappa shape index (κ3) is 3.66. The minimum Gasteiger partial charge on any atom is -0.395 e. The predicted molar refractivity (Wildman–Crippen MR) is 99.6 cm³/mol. The Labute approximate surface area is 150 Å². The van der Waals surface area contributed by atoms with Gasteiger partial charge in [0.2, 0.25) is 0 Å². The second kappa shape index (κ2) is 7.91. The average molecular weight is 356 g/mol. The van der Waals surface area contributed by atoms with E-state index in [0.29, 0.717) is 25.2 Å². The van der Waals surface area contributed by atoms with Crippen molar-refractivity contribution in [1.29, 1.82) is 5.26 Å². The first-order valence-corrected chi connectivity index (χ1v) is 9.02. The molecular weight excluding hydrogens is 336 g/mol. The zero-order valence-electron chi connectivity index (χ0n) is 13.7. The summed E-state index contributed by atoms with van der Waals surface area (Å²) in [5, 5.41) is 43.2. The van der Waals surface area contributed by atoms with Crippen molar-refractivity contribution in [3.8, 4) is 6.07 Å². The van der Waals surface area contributed by atoms with Crippen molar-refractivity contribution in [3.05, 3.63) is 46.8 Å². The van der Waals surface area contributed by atoms with E-state index in [1.54, 1.807) is 17.4 Å². The Hall–Kier alpha value is -2.01. The Balaban J connectivity index is 2.03. The topological polar surface area (TPSA) is 87.7 Å². The third-order valence-electron chi connectivity index (χ3n) is 4.33. The summed E-state index contributed by atoms with van der Waals surface area (Å²) in [5.74, 6) is 0. The predicted octanol–water partition coefficient (Wildman–Crippen LogP) is 2.25. The van der Waals surface area contributed by atoms with Gasteiger partial charge in [0, 0.05) is 35.3 Å². The summed E-state index contributed by atoms with van der Waals surface area (Å²) in [6, 6.07) is 11.7. The molecule has 1 unspecified atom stereocenters. The summed E-state index contributed by atoms with van der Waals surface area (Å²) < 4.78 is 1.00. The molecule has 0 bridgehead atoms. The highest BCUT2D eigenvalue weighted by Crippen LogP contribution is 2.36. The van der Waals surface area contributed by atoms with Gasteiger partial charge in [0.15, 0.2) is 0 Å². The van der Waals surface area contributed by atoms with E-state index in [-0.39, 0.29) is 13.2 Å². The van der Waals surface area contributed by atoms with Gasteiger partial charge in [0.1, 0.15) is 0 Å². The number of nitrogens with zero attached hydrogens (tertiary/aromatic N) is 2. The molecule has 0 saturated carbocycles. The highest BCUT2D eigenvalue weighted by Gasteiger charge is 2.18. The van der Waals surface area contributed by atoms with Crippen LogP contribution in [0.2, 0.25) is 0 Å². The van der Waals surface area contributed by atoms with Gasteiger partial charge in [-0.05, 0) is 40.4 Å². The van der Waals surface area contributed by atoms with E-state index >= 15 is 0 Å². The lowest BCUT2D eigenvalue weighted by Crippen LogP contribution is -2.33. The molecule has 0 fully saturated rings. The molecule has 5 nitrogen and oxygen atoms in total. The summed E-state index contributed by atoms with van der Waals surface area (Å²) in [6.45, 7) is 1.12. The van der Waals surface area contributed by atoms with E-state index in [0.717, 1.165) is 26.4 Å². The summed E-state index contributed by atoms with van der Waals surface area (Å²) in [7, 11) is 0. The number of nitriles is 1. The summed E-state index contributed by atoms with van der Waals surface area (Å²) >= 11 is 1.56. The largest absolute Gasteiger partial charge is 0.395 e. The Kier molecular flexibility index (Phi) is 5.63. The highest BCUT2D eigenvalue weighted by atomic mass is 32.1. The van der Waals surface area contributed by atoms with Crippen molar-refractivity contribution in [2.75, 3.05) is 32.8 Å². The van der Waals surface area contributed by atoms with Gasteiger partial charge in [0.05, 0.1) is 31.0 Å². The second-order valence-corrected chi connectivity index (χ2v) is 6.86. The van der Waals surface area contributed by atoms with Crippen LogP contribution >= 0.6 is 11.3 Å². The standard InChI is InChI=1S/C19H20N2O3S/c20-11-13-1-2-14-10-17(18(24)12-21(4-6-22)5-7-23)19-15(3-8-25-19)16(14)9-13/h1-3,8-10,18,22-24H,4-7,12H2. The quantitative estimate of drug-likeness (QED) is 0.604. The fraction of sp³-hybridized carbons (Fsp3) is 0.316. The van der Waals surface area contributed by atoms with Crippen molar-refractivity contribution >= 4 is 32.2 Å². The molecule has 25 heavy (non-hydrogen) atoms. The van der Waals surface area contributed by atoms with E-state index in [2.05, 4.69) is 6.07 Å². The molecule has 3 aromatic rings. The minimum absolute atomic E-state index is 0.0181. The number of aliphatic hydroxyl groups is 3. The Bertz CT molecular complexity index is 910. The first-order valence-electron chi connectivity index (χ1n) is 8.14. The van der Waals surface area contributed by atoms with Crippen LogP contribution in [0.1, 0.15) is 17.2 Å². The molecule has 0 aliphatic heterocycles. The molecule has 0 aliphatic rings. The number of aliphatic hydroxyl groups excluding tert-OH is 3. The van der Waals surface area contributed by atoms with Gasteiger partial charge in [-0.3, -0.25) is 4.90 Å². The molecule has 130 valence electrons. The molecule has 0 radical (unpaired) electrons. The lowest BCUT2D eigenvalue weighted by atomic mass is 9.98. The molecule has 3 rings (SSSR count). The van der Waals surface area contributed by atoms with Gasteiger partial charge in [-0.1, -0.05) is 6.07 Å². The monoisotopic (exact) mass is 356 g/mol. The SMILES string of the molecule is N#Cc1ccc2cc(C(O)CN(CCO)CCO)c3sccc3c2c1. The highest BCUT2D eigenvalue weighted by molar-refractivity contribution is 7.17. The van der Waals surface area contributed by atoms with E-state index in [4.69, 9.17) is 15.5 Å². The second-order valence-electron chi connectivity index (χ2n) is 5.94. The van der Waals surface area contributed by atoms with Gasteiger partial charge < -0.3 is 15.3 Å². The van der Waals surface area contributed by atoms with Crippen LogP contribution in [0, 0.1) is 11.3 Å². The molecule has 1 atom stereocenters. The van der Waals surface area contributed by atoms with Crippen LogP contribution in [-0.4, -0.2) is 53.1 Å². The normalized spacial score (nSPS) is 12.8. The maximum atomic E-state index is 10.8. The van der Waals surface area contributed by atoms with Crippen LogP contribution in [0.15, 0.2) is 35.7 Å². The van der Waals surface area contributed by atoms with Crippen molar-refractivity contribution in [3.63, 3.8) is 0 Å². The van der Waals surface area contributed by atoms with Crippen LogP contribution in [0.5, 0.6) is 0 Å². The molecule has 0 aliphatic carbocycles. The van der Waals surface area contributed by atoms with Crippen molar-refractivity contribution in [1.82, 2.24) is 4.90 Å². The van der Waals surface area contributed by atoms with E-state index in [1.807, 2.05) is 34.5 Å². The van der Waals surface area contributed by atoms with Crippen molar-refractivity contribution in [2.24, 2.45) is 0 Å². The van der Waals surface area contributed by atoms with Gasteiger partial charge >= 0.3 is 0 Å². The maximum Gasteiger partial charge on any atom is 0.0991 e. The molecule has 3 N–H and O–H groups in total. The van der Waals surface area contributed by atoms with Crippen LogP contribution in [0.25, 0.3) is 20.9 Å². The van der Waals surface area contributed by atoms with Crippen LogP contribution < -0.4 is 0 Å². The average Bonchev–Trinajstić information content (AvgIpc) is 3.11. The zero-order chi connectivity index (χ0) is 17.8. The molecule has 1 aromatic heterocycles. The molecular formula is C19H20N2O3S. The molecule has 6 heteroatoms. The van der Waals surface area contributed by atoms with Gasteiger partial charge in [-0.15, -0.1) is 11.3 Å². The molecule has 0 spiro atoms. The summed E-state index contributed by atoms with van der Waals surface area (Å²) in [6.07, 6.45) is -0.723. The van der Waals surface area contributed by atoms with Gasteiger partial charge in [0.25, 0.3) is 0 Å². The van der Waals surface area contributed by atoms with Crippen LogP contribution in [0.4, 0.5) is 0 Å². The third-order valence-corrected chi connectivity index (χ3v) is 5.30. The first-order chi connectivity index (χ1) is 12.2. The Morgan fingerprint density at radius 2 is 1.84 bits per heavy atom. The minimum atomic E-state index is -0.723. The number of thiophene rings is 1.